The Kier molecular flexibility index (Phi) is 11.1. The van der Waals surface area contributed by atoms with Gasteiger partial charge in [0.15, 0.2) is 0 Å². The number of sulfonamides is 1. The number of carbonyl (C=O) groups excluding carboxylic acids is 4. The number of amides is 4. The molecule has 0 radical (unpaired) electrons. The molecule has 3 heterocycles. The fraction of sp³-hybridized carbons (Fsp3) is 0.615. The summed E-state index contributed by atoms with van der Waals surface area (Å²) in [5.41, 5.74) is -2.49. The number of alkyl halides is 1. The molecule has 4 amide bonds. The van der Waals surface area contributed by atoms with E-state index in [1.807, 2.05) is 37.3 Å². The van der Waals surface area contributed by atoms with Crippen molar-refractivity contribution in [1.82, 2.24) is 25.2 Å². The Bertz CT molecular complexity index is 1970. The average molecular weight is 786 g/mol. The van der Waals surface area contributed by atoms with Crippen LogP contribution in [0.4, 0.5) is 9.18 Å². The fourth-order valence-electron chi connectivity index (χ4n) is 7.74. The van der Waals surface area contributed by atoms with E-state index in [0.29, 0.717) is 24.0 Å². The number of nitrogens with zero attached hydrogens (tertiary/aromatic N) is 2. The van der Waals surface area contributed by atoms with Crippen molar-refractivity contribution in [3.05, 3.63) is 42.6 Å². The van der Waals surface area contributed by atoms with Crippen molar-refractivity contribution in [3.8, 4) is 11.6 Å². The quantitative estimate of drug-likeness (QED) is 0.326. The Balaban J connectivity index is 1.35. The zero-order valence-electron chi connectivity index (χ0n) is 32.2. The average Bonchev–Trinajstić information content (AvgIpc) is 4.02. The fourth-order valence-corrected chi connectivity index (χ4v) is 9.17. The number of aromatic nitrogens is 1. The molecule has 2 aliphatic heterocycles. The van der Waals surface area contributed by atoms with Crippen molar-refractivity contribution < 1.29 is 46.2 Å². The van der Waals surface area contributed by atoms with Crippen LogP contribution in [0.25, 0.3) is 10.8 Å². The second kappa shape index (κ2) is 15.2. The molecule has 0 bridgehead atoms. The van der Waals surface area contributed by atoms with E-state index in [4.69, 9.17) is 14.2 Å². The summed E-state index contributed by atoms with van der Waals surface area (Å²) in [4.78, 5) is 62.1. The molecule has 1 aromatic carbocycles. The summed E-state index contributed by atoms with van der Waals surface area (Å²) in [5, 5.41) is 7.01. The van der Waals surface area contributed by atoms with Gasteiger partial charge in [0.1, 0.15) is 46.5 Å². The minimum atomic E-state index is -4.38. The molecule has 0 unspecified atom stereocenters. The number of fused-ring (bicyclic) bond motifs is 3. The molecule has 6 rings (SSSR count). The second-order valence-electron chi connectivity index (χ2n) is 16.6. The highest BCUT2D eigenvalue weighted by Gasteiger charge is 2.64. The minimum Gasteiger partial charge on any atom is -0.494 e. The van der Waals surface area contributed by atoms with Crippen LogP contribution in [0.15, 0.2) is 42.6 Å². The Morgan fingerprint density at radius 1 is 1.11 bits per heavy atom. The zero-order valence-corrected chi connectivity index (χ0v) is 33.0. The number of rotatable bonds is 8. The third-order valence-corrected chi connectivity index (χ3v) is 13.3. The highest BCUT2D eigenvalue weighted by atomic mass is 32.2. The van der Waals surface area contributed by atoms with Crippen molar-refractivity contribution >= 4 is 44.6 Å². The van der Waals surface area contributed by atoms with Gasteiger partial charge < -0.3 is 29.7 Å². The number of benzene rings is 1. The van der Waals surface area contributed by atoms with Crippen LogP contribution in [0.5, 0.6) is 11.6 Å². The molecule has 4 aliphatic rings. The molecular weight excluding hydrogens is 734 g/mol. The number of methoxy groups -OCH3 is 1. The number of hydrogen-bond acceptors (Lipinski definition) is 10. The van der Waals surface area contributed by atoms with Gasteiger partial charge in [0.25, 0.3) is 5.91 Å². The summed E-state index contributed by atoms with van der Waals surface area (Å²) in [6.07, 6.45) is 5.89. The van der Waals surface area contributed by atoms with Crippen LogP contribution in [-0.2, 0) is 29.1 Å². The molecule has 2 saturated carbocycles. The number of nitrogens with one attached hydrogen (secondary N) is 3. The monoisotopic (exact) mass is 785 g/mol. The van der Waals surface area contributed by atoms with Gasteiger partial charge in [0, 0.05) is 23.1 Å². The van der Waals surface area contributed by atoms with E-state index >= 15 is 0 Å². The van der Waals surface area contributed by atoms with Crippen LogP contribution in [0.1, 0.15) is 79.6 Å². The highest BCUT2D eigenvalue weighted by molar-refractivity contribution is 7.91. The van der Waals surface area contributed by atoms with Crippen molar-refractivity contribution in [3.63, 3.8) is 0 Å². The van der Waals surface area contributed by atoms with Crippen LogP contribution in [-0.4, -0.2) is 96.5 Å². The van der Waals surface area contributed by atoms with Gasteiger partial charge in [-0.05, 0) is 77.2 Å². The first-order valence-corrected chi connectivity index (χ1v) is 20.4. The van der Waals surface area contributed by atoms with Crippen LogP contribution in [0.2, 0.25) is 0 Å². The lowest BCUT2D eigenvalue weighted by Gasteiger charge is -2.33. The number of alkyl carbamates (subject to hydrolysis) is 1. The normalized spacial score (nSPS) is 30.1. The van der Waals surface area contributed by atoms with Gasteiger partial charge >= 0.3 is 6.09 Å². The maximum absolute atomic E-state index is 14.7. The standard InChI is InChI=1S/C39H52FN5O9S/c1-23-11-7-8-12-25-19-39(25,35(48)44-55(50,51)38(22-40)15-16-38)43-32(46)29-18-26(53-33-28-14-10-9-13-27(28)30(52-6)20-41-33)21-45(29)34(47)31(24(2)17-23)42-36(49)54-37(3,4)5/h8-10,12-14,20,23-26,29,31H,7,11,15-19,21-22H2,1-6H3,(H,42,49)(H,43,46)(H,44,48)/b12-8-/t23-,24-,25-,26-,29+,31+,39-/m1/s1. The summed E-state index contributed by atoms with van der Waals surface area (Å²) < 4.78 is 58.0. The smallest absolute Gasteiger partial charge is 0.408 e. The van der Waals surface area contributed by atoms with E-state index in [1.54, 1.807) is 26.8 Å². The predicted molar refractivity (Wildman–Crippen MR) is 201 cm³/mol. The third-order valence-electron chi connectivity index (χ3n) is 11.2. The Labute approximate surface area is 321 Å². The van der Waals surface area contributed by atoms with Crippen molar-refractivity contribution in [2.45, 2.75) is 114 Å². The molecular formula is C39H52FN5O9S. The first-order chi connectivity index (χ1) is 25.9. The summed E-state index contributed by atoms with van der Waals surface area (Å²) in [6, 6.07) is 5.08. The van der Waals surface area contributed by atoms with E-state index in [-0.39, 0.29) is 49.9 Å². The predicted octanol–water partition coefficient (Wildman–Crippen LogP) is 4.32. The molecule has 0 spiro atoms. The van der Waals surface area contributed by atoms with Gasteiger partial charge in [-0.1, -0.05) is 44.2 Å². The van der Waals surface area contributed by atoms with E-state index in [0.717, 1.165) is 11.8 Å². The highest BCUT2D eigenvalue weighted by Crippen LogP contribution is 2.48. The lowest BCUT2D eigenvalue weighted by atomic mass is 9.88. The number of pyridine rings is 1. The number of carbonyl (C=O) groups is 4. The van der Waals surface area contributed by atoms with Crippen molar-refractivity contribution in [1.29, 1.82) is 0 Å². The van der Waals surface area contributed by atoms with Crippen LogP contribution < -0.4 is 24.8 Å². The van der Waals surface area contributed by atoms with Gasteiger partial charge in [-0.15, -0.1) is 0 Å². The summed E-state index contributed by atoms with van der Waals surface area (Å²) in [5.74, 6) is -2.19. The molecule has 55 heavy (non-hydrogen) atoms. The molecule has 3 N–H and O–H groups in total. The van der Waals surface area contributed by atoms with E-state index < -0.39 is 80.5 Å². The van der Waals surface area contributed by atoms with E-state index in [9.17, 15) is 32.0 Å². The molecule has 300 valence electrons. The summed E-state index contributed by atoms with van der Waals surface area (Å²) in [6.45, 7) is 7.87. The maximum Gasteiger partial charge on any atom is 0.408 e. The first kappa shape index (κ1) is 40.2. The lowest BCUT2D eigenvalue weighted by Crippen LogP contribution is -2.59. The molecule has 1 aromatic heterocycles. The van der Waals surface area contributed by atoms with Gasteiger partial charge in [0.05, 0.1) is 19.9 Å². The van der Waals surface area contributed by atoms with Gasteiger partial charge in [-0.3, -0.25) is 19.1 Å². The molecule has 1 saturated heterocycles. The molecule has 3 fully saturated rings. The van der Waals surface area contributed by atoms with E-state index in [2.05, 4.69) is 27.3 Å². The lowest BCUT2D eigenvalue weighted by molar-refractivity contribution is -0.142. The first-order valence-electron chi connectivity index (χ1n) is 18.9. The molecule has 2 aliphatic carbocycles. The Morgan fingerprint density at radius 3 is 2.47 bits per heavy atom. The van der Waals surface area contributed by atoms with Crippen LogP contribution in [0, 0.1) is 17.8 Å². The van der Waals surface area contributed by atoms with Crippen LogP contribution in [0.3, 0.4) is 0 Å². The van der Waals surface area contributed by atoms with Crippen molar-refractivity contribution in [2.75, 3.05) is 20.3 Å². The van der Waals surface area contributed by atoms with Gasteiger partial charge in [-0.2, -0.15) is 0 Å². The van der Waals surface area contributed by atoms with Gasteiger partial charge in [0.2, 0.25) is 27.7 Å². The SMILES string of the molecule is COc1cnc(O[C@@H]2C[C@H]3C(=O)N[C@]4(C(=O)NS(=O)(=O)C5(CF)CC5)C[C@H]4/C=C\CC[C@@H](C)C[C@@H](C)[C@H](NC(=O)OC(C)(C)C)C(=O)N3C2)c2ccccc12. The minimum absolute atomic E-state index is 0.00891. The van der Waals surface area contributed by atoms with Crippen molar-refractivity contribution in [2.24, 2.45) is 17.8 Å². The molecule has 16 heteroatoms. The topological polar surface area (TPSA) is 182 Å². The number of hydrogen-bond donors (Lipinski definition) is 3. The summed E-state index contributed by atoms with van der Waals surface area (Å²) in [7, 11) is -2.85. The molecule has 14 nitrogen and oxygen atoms in total. The number of ether oxygens (including phenoxy) is 3. The van der Waals surface area contributed by atoms with E-state index in [1.165, 1.54) is 18.2 Å². The zero-order chi connectivity index (χ0) is 39.9. The number of halogens is 1. The summed E-state index contributed by atoms with van der Waals surface area (Å²) >= 11 is 0. The Hall–Kier alpha value is -4.47. The second-order valence-corrected chi connectivity index (χ2v) is 18.7. The number of allylic oxidation sites excluding steroid dienone is 1. The maximum atomic E-state index is 14.7. The van der Waals surface area contributed by atoms with Crippen LogP contribution >= 0.6 is 0 Å². The largest absolute Gasteiger partial charge is 0.494 e. The molecule has 7 atom stereocenters. The Morgan fingerprint density at radius 2 is 1.82 bits per heavy atom. The third kappa shape index (κ3) is 8.38. The van der Waals surface area contributed by atoms with Gasteiger partial charge in [-0.25, -0.2) is 22.6 Å². The molecule has 2 aromatic rings.